The van der Waals surface area contributed by atoms with Crippen LogP contribution < -0.4 is 0 Å². The van der Waals surface area contributed by atoms with Crippen LogP contribution in [0, 0.1) is 6.92 Å². The smallest absolute Gasteiger partial charge is 0.361 e. The standard InChI is InChI=1S/C17H14F3N.ClH/c1-11-2-7-15-13(10-21-16(15)8-11)9-12-3-5-14(6-4-12)17(18,19)20;/h2-8,10,21H,9H2,1H3;1H. The normalized spacial score (nSPS) is 11.5. The highest BCUT2D eigenvalue weighted by Crippen LogP contribution is 2.30. The second-order valence-corrected chi connectivity index (χ2v) is 5.23. The molecule has 1 nitrogen and oxygen atoms in total. The fraction of sp³-hybridized carbons (Fsp3) is 0.176. The maximum absolute atomic E-state index is 12.5. The summed E-state index contributed by atoms with van der Waals surface area (Å²) in [7, 11) is 0. The van der Waals surface area contributed by atoms with Crippen LogP contribution in [0.4, 0.5) is 13.2 Å². The van der Waals surface area contributed by atoms with Gasteiger partial charge in [0.2, 0.25) is 0 Å². The number of alkyl halides is 3. The number of benzene rings is 2. The lowest BCUT2D eigenvalue weighted by atomic mass is 10.0. The number of aromatic nitrogens is 1. The van der Waals surface area contributed by atoms with E-state index < -0.39 is 11.7 Å². The lowest BCUT2D eigenvalue weighted by molar-refractivity contribution is -0.137. The molecular formula is C17H15ClF3N. The molecule has 0 bridgehead atoms. The minimum atomic E-state index is -4.28. The minimum Gasteiger partial charge on any atom is -0.361 e. The van der Waals surface area contributed by atoms with E-state index in [4.69, 9.17) is 0 Å². The molecule has 0 atom stereocenters. The number of H-pyrrole nitrogens is 1. The fourth-order valence-corrected chi connectivity index (χ4v) is 2.48. The van der Waals surface area contributed by atoms with E-state index in [1.165, 1.54) is 17.7 Å². The summed E-state index contributed by atoms with van der Waals surface area (Å²) in [5.41, 5.74) is 3.57. The second-order valence-electron chi connectivity index (χ2n) is 5.23. The lowest BCUT2D eigenvalue weighted by Gasteiger charge is -2.07. The molecule has 1 heterocycles. The Bertz CT molecular complexity index is 773. The van der Waals surface area contributed by atoms with Gasteiger partial charge in [-0.1, -0.05) is 24.3 Å². The van der Waals surface area contributed by atoms with Crippen molar-refractivity contribution in [2.24, 2.45) is 0 Å². The molecule has 1 aromatic heterocycles. The van der Waals surface area contributed by atoms with Gasteiger partial charge in [-0.3, -0.25) is 0 Å². The van der Waals surface area contributed by atoms with Gasteiger partial charge >= 0.3 is 6.18 Å². The predicted molar refractivity (Wildman–Crippen MR) is 84.5 cm³/mol. The highest BCUT2D eigenvalue weighted by Gasteiger charge is 2.29. The van der Waals surface area contributed by atoms with Gasteiger partial charge in [-0.2, -0.15) is 13.2 Å². The molecule has 116 valence electrons. The Hall–Kier alpha value is -1.94. The quantitative estimate of drug-likeness (QED) is 0.639. The Labute approximate surface area is 132 Å². The van der Waals surface area contributed by atoms with E-state index in [-0.39, 0.29) is 12.4 Å². The molecule has 0 radical (unpaired) electrons. The first-order valence-corrected chi connectivity index (χ1v) is 6.66. The average Bonchev–Trinajstić information content (AvgIpc) is 2.80. The van der Waals surface area contributed by atoms with Crippen molar-refractivity contribution in [3.63, 3.8) is 0 Å². The monoisotopic (exact) mass is 325 g/mol. The number of halogens is 4. The maximum atomic E-state index is 12.5. The number of rotatable bonds is 2. The zero-order chi connectivity index (χ0) is 15.0. The van der Waals surface area contributed by atoms with Gasteiger partial charge in [0.1, 0.15) is 0 Å². The predicted octanol–water partition coefficient (Wildman–Crippen LogP) is 5.51. The summed E-state index contributed by atoms with van der Waals surface area (Å²) in [5, 5.41) is 1.11. The van der Waals surface area contributed by atoms with Crippen molar-refractivity contribution in [3.05, 3.63) is 70.9 Å². The van der Waals surface area contributed by atoms with Crippen LogP contribution in [-0.4, -0.2) is 4.98 Å². The Morgan fingerprint density at radius 3 is 2.32 bits per heavy atom. The van der Waals surface area contributed by atoms with Crippen molar-refractivity contribution < 1.29 is 13.2 Å². The molecule has 3 aromatic rings. The van der Waals surface area contributed by atoms with Gasteiger partial charge in [-0.05, 0) is 48.2 Å². The number of fused-ring (bicyclic) bond motifs is 1. The van der Waals surface area contributed by atoms with Crippen molar-refractivity contribution in [1.82, 2.24) is 4.98 Å². The summed E-state index contributed by atoms with van der Waals surface area (Å²) in [6, 6.07) is 11.5. The van der Waals surface area contributed by atoms with Gasteiger partial charge in [-0.15, -0.1) is 12.4 Å². The van der Waals surface area contributed by atoms with Crippen molar-refractivity contribution >= 4 is 23.3 Å². The van der Waals surface area contributed by atoms with Crippen LogP contribution in [0.1, 0.15) is 22.3 Å². The van der Waals surface area contributed by atoms with Crippen molar-refractivity contribution in [2.75, 3.05) is 0 Å². The SMILES string of the molecule is Cc1ccc2c(Cc3ccc(C(F)(F)F)cc3)c[nH]c2c1.Cl. The van der Waals surface area contributed by atoms with E-state index in [1.807, 2.05) is 25.3 Å². The van der Waals surface area contributed by atoms with Gasteiger partial charge in [0.25, 0.3) is 0 Å². The first kappa shape index (κ1) is 16.4. The largest absolute Gasteiger partial charge is 0.416 e. The molecule has 0 aliphatic heterocycles. The molecule has 22 heavy (non-hydrogen) atoms. The third kappa shape index (κ3) is 3.28. The van der Waals surface area contributed by atoms with Gasteiger partial charge in [0.05, 0.1) is 5.56 Å². The minimum absolute atomic E-state index is 0. The summed E-state index contributed by atoms with van der Waals surface area (Å²) >= 11 is 0. The summed E-state index contributed by atoms with van der Waals surface area (Å²) in [6.45, 7) is 2.02. The Morgan fingerprint density at radius 2 is 1.68 bits per heavy atom. The molecule has 5 heteroatoms. The van der Waals surface area contributed by atoms with Crippen molar-refractivity contribution in [1.29, 1.82) is 0 Å². The Kier molecular flexibility index (Phi) is 4.52. The number of aromatic amines is 1. The summed E-state index contributed by atoms with van der Waals surface area (Å²) in [5.74, 6) is 0. The topological polar surface area (TPSA) is 15.8 Å². The van der Waals surface area contributed by atoms with E-state index in [1.54, 1.807) is 0 Å². The number of aryl methyl sites for hydroxylation is 1. The molecule has 0 spiro atoms. The van der Waals surface area contributed by atoms with E-state index in [0.29, 0.717) is 6.42 Å². The van der Waals surface area contributed by atoms with Crippen molar-refractivity contribution in [3.8, 4) is 0 Å². The fourth-order valence-electron chi connectivity index (χ4n) is 2.48. The summed E-state index contributed by atoms with van der Waals surface area (Å²) < 4.78 is 37.6. The molecule has 0 saturated heterocycles. The Balaban J connectivity index is 0.00000176. The first-order chi connectivity index (χ1) is 9.93. The summed E-state index contributed by atoms with van der Waals surface area (Å²) in [6.07, 6.45) is -1.75. The molecule has 0 saturated carbocycles. The van der Waals surface area contributed by atoms with Crippen molar-refractivity contribution in [2.45, 2.75) is 19.5 Å². The highest BCUT2D eigenvalue weighted by atomic mass is 35.5. The zero-order valence-electron chi connectivity index (χ0n) is 11.9. The van der Waals surface area contributed by atoms with Gasteiger partial charge < -0.3 is 4.98 Å². The van der Waals surface area contributed by atoms with Crippen LogP contribution in [0.3, 0.4) is 0 Å². The van der Waals surface area contributed by atoms with E-state index in [0.717, 1.165) is 34.2 Å². The van der Waals surface area contributed by atoms with E-state index in [9.17, 15) is 13.2 Å². The molecule has 0 unspecified atom stereocenters. The van der Waals surface area contributed by atoms with Gasteiger partial charge in [0, 0.05) is 17.1 Å². The van der Waals surface area contributed by atoms with E-state index in [2.05, 4.69) is 11.1 Å². The molecule has 1 N–H and O–H groups in total. The van der Waals surface area contributed by atoms with Crippen LogP contribution in [0.2, 0.25) is 0 Å². The van der Waals surface area contributed by atoms with Crippen LogP contribution in [0.5, 0.6) is 0 Å². The third-order valence-electron chi connectivity index (χ3n) is 3.60. The van der Waals surface area contributed by atoms with Crippen LogP contribution in [0.15, 0.2) is 48.7 Å². The number of hydrogen-bond donors (Lipinski definition) is 1. The zero-order valence-corrected chi connectivity index (χ0v) is 12.7. The summed E-state index contributed by atoms with van der Waals surface area (Å²) in [4.78, 5) is 3.20. The van der Waals surface area contributed by atoms with Crippen LogP contribution in [0.25, 0.3) is 10.9 Å². The number of nitrogens with one attached hydrogen (secondary N) is 1. The van der Waals surface area contributed by atoms with Crippen LogP contribution >= 0.6 is 12.4 Å². The molecular weight excluding hydrogens is 311 g/mol. The first-order valence-electron chi connectivity index (χ1n) is 6.66. The van der Waals surface area contributed by atoms with E-state index >= 15 is 0 Å². The lowest BCUT2D eigenvalue weighted by Crippen LogP contribution is -2.04. The molecule has 0 aliphatic carbocycles. The van der Waals surface area contributed by atoms with Gasteiger partial charge in [-0.25, -0.2) is 0 Å². The molecule has 2 aromatic carbocycles. The molecule has 0 fully saturated rings. The van der Waals surface area contributed by atoms with Gasteiger partial charge in [0.15, 0.2) is 0 Å². The molecule has 0 amide bonds. The molecule has 3 rings (SSSR count). The average molecular weight is 326 g/mol. The number of hydrogen-bond acceptors (Lipinski definition) is 0. The third-order valence-corrected chi connectivity index (χ3v) is 3.60. The maximum Gasteiger partial charge on any atom is 0.416 e. The highest BCUT2D eigenvalue weighted by molar-refractivity contribution is 5.85. The molecule has 0 aliphatic rings. The van der Waals surface area contributed by atoms with Crippen LogP contribution in [-0.2, 0) is 12.6 Å². The Morgan fingerprint density at radius 1 is 1.00 bits per heavy atom. The second kappa shape index (κ2) is 6.05.